The number of aromatic nitrogens is 2. The monoisotopic (exact) mass is 341 g/mol. The Hall–Kier alpha value is -2.33. The first kappa shape index (κ1) is 16.5. The average molecular weight is 342 g/mol. The number of nitrogens with zero attached hydrogens (tertiary/aromatic N) is 2. The molecule has 0 aliphatic carbocycles. The van der Waals surface area contributed by atoms with Gasteiger partial charge in [-0.1, -0.05) is 44.5 Å². The highest BCUT2D eigenvalue weighted by atomic mass is 35.5. The summed E-state index contributed by atoms with van der Waals surface area (Å²) in [6, 6.07) is 11.4. The van der Waals surface area contributed by atoms with Gasteiger partial charge in [0.2, 0.25) is 0 Å². The first-order chi connectivity index (χ1) is 11.5. The fourth-order valence-corrected chi connectivity index (χ4v) is 2.85. The lowest BCUT2D eigenvalue weighted by Gasteiger charge is -2.09. The molecule has 2 aromatic heterocycles. The van der Waals surface area contributed by atoms with Gasteiger partial charge in [-0.05, 0) is 36.1 Å². The molecule has 0 atom stereocenters. The topological polar surface area (TPSA) is 46.4 Å². The maximum absolute atomic E-state index is 12.8. The normalized spacial score (nSPS) is 11.2. The van der Waals surface area contributed by atoms with Crippen molar-refractivity contribution in [2.75, 3.05) is 5.32 Å². The molecule has 2 heterocycles. The lowest BCUT2D eigenvalue weighted by atomic mass is 10.0. The van der Waals surface area contributed by atoms with Crippen LogP contribution in [0.25, 0.3) is 5.65 Å². The Balaban J connectivity index is 1.93. The van der Waals surface area contributed by atoms with Crippen LogP contribution in [0, 0.1) is 0 Å². The zero-order chi connectivity index (χ0) is 17.3. The van der Waals surface area contributed by atoms with E-state index in [0.29, 0.717) is 28.7 Å². The van der Waals surface area contributed by atoms with E-state index in [0.717, 1.165) is 11.4 Å². The summed E-state index contributed by atoms with van der Waals surface area (Å²) >= 11 is 6.02. The third-order valence-electron chi connectivity index (χ3n) is 4.05. The Kier molecular flexibility index (Phi) is 4.58. The SMILES string of the molecule is CCc1nc2cc(Cl)ccn2c1C(=O)Nc1ccc(C(C)C)cc1. The summed E-state index contributed by atoms with van der Waals surface area (Å²) in [6.07, 6.45) is 2.45. The zero-order valence-corrected chi connectivity index (χ0v) is 14.8. The van der Waals surface area contributed by atoms with Gasteiger partial charge in [-0.2, -0.15) is 0 Å². The van der Waals surface area contributed by atoms with Crippen molar-refractivity contribution in [3.8, 4) is 0 Å². The van der Waals surface area contributed by atoms with Gasteiger partial charge in [-0.3, -0.25) is 9.20 Å². The molecule has 124 valence electrons. The molecule has 0 spiro atoms. The number of amides is 1. The van der Waals surface area contributed by atoms with Crippen molar-refractivity contribution >= 4 is 28.8 Å². The average Bonchev–Trinajstić information content (AvgIpc) is 2.92. The minimum absolute atomic E-state index is 0.168. The van der Waals surface area contributed by atoms with E-state index < -0.39 is 0 Å². The minimum atomic E-state index is -0.168. The lowest BCUT2D eigenvalue weighted by Crippen LogP contribution is -2.16. The number of fused-ring (bicyclic) bond motifs is 1. The van der Waals surface area contributed by atoms with Crippen molar-refractivity contribution in [3.63, 3.8) is 0 Å². The van der Waals surface area contributed by atoms with Gasteiger partial charge < -0.3 is 5.32 Å². The van der Waals surface area contributed by atoms with Crippen molar-refractivity contribution in [2.45, 2.75) is 33.1 Å². The second-order valence-corrected chi connectivity index (χ2v) is 6.50. The number of hydrogen-bond acceptors (Lipinski definition) is 2. The summed E-state index contributed by atoms with van der Waals surface area (Å²) in [6.45, 7) is 6.27. The lowest BCUT2D eigenvalue weighted by molar-refractivity contribution is 0.102. The molecule has 0 saturated carbocycles. The van der Waals surface area contributed by atoms with Gasteiger partial charge in [0.05, 0.1) is 5.69 Å². The highest BCUT2D eigenvalue weighted by Crippen LogP contribution is 2.20. The molecule has 5 heteroatoms. The largest absolute Gasteiger partial charge is 0.321 e. The predicted molar refractivity (Wildman–Crippen MR) is 98.1 cm³/mol. The number of halogens is 1. The van der Waals surface area contributed by atoms with Gasteiger partial charge in [-0.25, -0.2) is 4.98 Å². The van der Waals surface area contributed by atoms with Crippen LogP contribution in [0.4, 0.5) is 5.69 Å². The number of imidazole rings is 1. The summed E-state index contributed by atoms with van der Waals surface area (Å²) in [5.74, 6) is 0.295. The van der Waals surface area contributed by atoms with Crippen LogP contribution >= 0.6 is 11.6 Å². The van der Waals surface area contributed by atoms with Crippen LogP contribution in [0.3, 0.4) is 0 Å². The summed E-state index contributed by atoms with van der Waals surface area (Å²) in [5.41, 5.74) is 4.01. The van der Waals surface area contributed by atoms with Crippen molar-refractivity contribution in [3.05, 3.63) is 64.6 Å². The summed E-state index contributed by atoms with van der Waals surface area (Å²) in [5, 5.41) is 3.56. The molecular formula is C19H20ClN3O. The van der Waals surface area contributed by atoms with Crippen molar-refractivity contribution in [1.29, 1.82) is 0 Å². The van der Waals surface area contributed by atoms with Gasteiger partial charge in [0.1, 0.15) is 11.3 Å². The van der Waals surface area contributed by atoms with Crippen LogP contribution in [0.15, 0.2) is 42.6 Å². The van der Waals surface area contributed by atoms with Gasteiger partial charge >= 0.3 is 0 Å². The number of carbonyl (C=O) groups is 1. The number of anilines is 1. The number of benzene rings is 1. The number of hydrogen-bond donors (Lipinski definition) is 1. The maximum atomic E-state index is 12.8. The Morgan fingerprint density at radius 1 is 1.25 bits per heavy atom. The third kappa shape index (κ3) is 3.15. The summed E-state index contributed by atoms with van der Waals surface area (Å²) in [7, 11) is 0. The second-order valence-electron chi connectivity index (χ2n) is 6.06. The van der Waals surface area contributed by atoms with Crippen molar-refractivity contribution in [1.82, 2.24) is 9.38 Å². The molecule has 0 aliphatic rings. The number of nitrogens with one attached hydrogen (secondary N) is 1. The van der Waals surface area contributed by atoms with E-state index in [4.69, 9.17) is 11.6 Å². The van der Waals surface area contributed by atoms with E-state index in [1.807, 2.05) is 31.2 Å². The second kappa shape index (κ2) is 6.65. The molecule has 0 bridgehead atoms. The van der Waals surface area contributed by atoms with E-state index in [1.54, 1.807) is 22.7 Å². The molecule has 24 heavy (non-hydrogen) atoms. The minimum Gasteiger partial charge on any atom is -0.321 e. The Bertz CT molecular complexity index is 882. The van der Waals surface area contributed by atoms with Crippen LogP contribution in [0.5, 0.6) is 0 Å². The highest BCUT2D eigenvalue weighted by Gasteiger charge is 2.18. The van der Waals surface area contributed by atoms with Crippen LogP contribution in [-0.4, -0.2) is 15.3 Å². The zero-order valence-electron chi connectivity index (χ0n) is 14.0. The van der Waals surface area contributed by atoms with E-state index in [2.05, 4.69) is 24.1 Å². The van der Waals surface area contributed by atoms with Crippen LogP contribution < -0.4 is 5.32 Å². The molecule has 4 nitrogen and oxygen atoms in total. The molecule has 0 fully saturated rings. The molecule has 3 aromatic rings. The molecule has 1 aromatic carbocycles. The van der Waals surface area contributed by atoms with E-state index in [-0.39, 0.29) is 5.91 Å². The van der Waals surface area contributed by atoms with Crippen molar-refractivity contribution < 1.29 is 4.79 Å². The molecule has 0 unspecified atom stereocenters. The molecule has 1 amide bonds. The molecule has 0 aliphatic heterocycles. The third-order valence-corrected chi connectivity index (χ3v) is 4.28. The van der Waals surface area contributed by atoms with E-state index in [1.165, 1.54) is 5.56 Å². The number of rotatable bonds is 4. The predicted octanol–water partition coefficient (Wildman–Crippen LogP) is 4.93. The van der Waals surface area contributed by atoms with Crippen LogP contribution in [0.1, 0.15) is 48.4 Å². The first-order valence-corrected chi connectivity index (χ1v) is 8.45. The summed E-state index contributed by atoms with van der Waals surface area (Å²) in [4.78, 5) is 17.3. The fraction of sp³-hybridized carbons (Fsp3) is 0.263. The quantitative estimate of drug-likeness (QED) is 0.731. The Labute approximate surface area is 146 Å². The Morgan fingerprint density at radius 2 is 1.96 bits per heavy atom. The van der Waals surface area contributed by atoms with Crippen LogP contribution in [-0.2, 0) is 6.42 Å². The van der Waals surface area contributed by atoms with Gasteiger partial charge in [0.15, 0.2) is 0 Å². The van der Waals surface area contributed by atoms with E-state index in [9.17, 15) is 4.79 Å². The molecule has 0 saturated heterocycles. The van der Waals surface area contributed by atoms with Gasteiger partial charge in [0.25, 0.3) is 5.91 Å². The maximum Gasteiger partial charge on any atom is 0.274 e. The van der Waals surface area contributed by atoms with Gasteiger partial charge in [-0.15, -0.1) is 0 Å². The van der Waals surface area contributed by atoms with E-state index >= 15 is 0 Å². The molecule has 1 N–H and O–H groups in total. The molecule has 0 radical (unpaired) electrons. The van der Waals surface area contributed by atoms with Gasteiger partial charge in [0, 0.05) is 23.0 Å². The number of carbonyl (C=O) groups excluding carboxylic acids is 1. The van der Waals surface area contributed by atoms with Crippen LogP contribution in [0.2, 0.25) is 5.02 Å². The van der Waals surface area contributed by atoms with Crippen molar-refractivity contribution in [2.24, 2.45) is 0 Å². The smallest absolute Gasteiger partial charge is 0.274 e. The molecular weight excluding hydrogens is 322 g/mol. The standard InChI is InChI=1S/C19H20ClN3O/c1-4-16-18(23-10-9-14(20)11-17(23)22-16)19(24)21-15-7-5-13(6-8-15)12(2)3/h5-12H,4H2,1-3H3,(H,21,24). The first-order valence-electron chi connectivity index (χ1n) is 8.07. The summed E-state index contributed by atoms with van der Waals surface area (Å²) < 4.78 is 1.78. The molecule has 3 rings (SSSR count). The Morgan fingerprint density at radius 3 is 2.58 bits per heavy atom. The highest BCUT2D eigenvalue weighted by molar-refractivity contribution is 6.30. The number of pyridine rings is 1. The number of aryl methyl sites for hydroxylation is 1. The fourth-order valence-electron chi connectivity index (χ4n) is 2.70.